The molecule has 0 radical (unpaired) electrons. The fraction of sp³-hybridized carbons (Fsp3) is 0.538. The highest BCUT2D eigenvalue weighted by atomic mass is 19.4. The molecule has 0 saturated heterocycles. The van der Waals surface area contributed by atoms with Crippen molar-refractivity contribution in [1.82, 2.24) is 19.6 Å². The standard InChI is InChI=1S/C13H18F3N5/c1-9(2)21-6-10(3)12(19-21)17-4-11-5-18-20(7-11)8-13(14,15)16/h5-7,9H,4,8H2,1-3H3,(H,17,19). The Morgan fingerprint density at radius 2 is 2.00 bits per heavy atom. The van der Waals surface area contributed by atoms with Crippen LogP contribution < -0.4 is 5.32 Å². The van der Waals surface area contributed by atoms with Crippen LogP contribution in [0.5, 0.6) is 0 Å². The lowest BCUT2D eigenvalue weighted by Crippen LogP contribution is -2.17. The van der Waals surface area contributed by atoms with Crippen molar-refractivity contribution in [2.45, 2.75) is 46.1 Å². The number of nitrogens with zero attached hydrogens (tertiary/aromatic N) is 4. The molecule has 21 heavy (non-hydrogen) atoms. The first kappa shape index (κ1) is 15.4. The number of nitrogens with one attached hydrogen (secondary N) is 1. The molecule has 0 unspecified atom stereocenters. The summed E-state index contributed by atoms with van der Waals surface area (Å²) in [6.45, 7) is 5.29. The maximum Gasteiger partial charge on any atom is 0.408 e. The van der Waals surface area contributed by atoms with Gasteiger partial charge in [-0.3, -0.25) is 9.36 Å². The number of alkyl halides is 3. The maximum atomic E-state index is 12.2. The summed E-state index contributed by atoms with van der Waals surface area (Å²) in [4.78, 5) is 0. The van der Waals surface area contributed by atoms with Gasteiger partial charge in [-0.25, -0.2) is 0 Å². The monoisotopic (exact) mass is 301 g/mol. The van der Waals surface area contributed by atoms with Gasteiger partial charge in [0.05, 0.1) is 6.20 Å². The molecule has 0 fully saturated rings. The van der Waals surface area contributed by atoms with E-state index in [2.05, 4.69) is 15.5 Å². The van der Waals surface area contributed by atoms with Gasteiger partial charge in [0.2, 0.25) is 0 Å². The Kier molecular flexibility index (Phi) is 4.24. The first-order valence-electron chi connectivity index (χ1n) is 6.62. The van der Waals surface area contributed by atoms with E-state index in [0.29, 0.717) is 12.1 Å². The summed E-state index contributed by atoms with van der Waals surface area (Å²) in [7, 11) is 0. The van der Waals surface area contributed by atoms with E-state index >= 15 is 0 Å². The van der Waals surface area contributed by atoms with Gasteiger partial charge in [0, 0.05) is 36.1 Å². The van der Waals surface area contributed by atoms with Crippen LogP contribution in [0.15, 0.2) is 18.6 Å². The van der Waals surface area contributed by atoms with Crippen LogP contribution >= 0.6 is 0 Å². The number of hydrogen-bond donors (Lipinski definition) is 1. The van der Waals surface area contributed by atoms with Gasteiger partial charge in [-0.1, -0.05) is 0 Å². The number of hydrogen-bond acceptors (Lipinski definition) is 3. The fourth-order valence-corrected chi connectivity index (χ4v) is 1.88. The number of halogens is 3. The van der Waals surface area contributed by atoms with E-state index in [1.165, 1.54) is 12.4 Å². The summed E-state index contributed by atoms with van der Waals surface area (Å²) in [5.41, 5.74) is 1.67. The van der Waals surface area contributed by atoms with Crippen LogP contribution in [0.1, 0.15) is 31.0 Å². The van der Waals surface area contributed by atoms with Gasteiger partial charge in [-0.2, -0.15) is 23.4 Å². The second-order valence-electron chi connectivity index (χ2n) is 5.25. The lowest BCUT2D eigenvalue weighted by atomic mass is 10.3. The molecule has 2 rings (SSSR count). The Bertz CT molecular complexity index is 597. The number of aromatic nitrogens is 4. The predicted octanol–water partition coefficient (Wildman–Crippen LogP) is 3.14. The molecule has 8 heteroatoms. The minimum absolute atomic E-state index is 0.258. The molecular weight excluding hydrogens is 283 g/mol. The van der Waals surface area contributed by atoms with Gasteiger partial charge in [0.15, 0.2) is 5.82 Å². The number of rotatable bonds is 5. The van der Waals surface area contributed by atoms with Crippen LogP contribution in [0, 0.1) is 6.92 Å². The molecule has 0 aliphatic heterocycles. The lowest BCUT2D eigenvalue weighted by Gasteiger charge is -2.05. The van der Waals surface area contributed by atoms with Gasteiger partial charge < -0.3 is 5.32 Å². The van der Waals surface area contributed by atoms with Crippen molar-refractivity contribution in [2.75, 3.05) is 5.32 Å². The van der Waals surface area contributed by atoms with Gasteiger partial charge in [0.1, 0.15) is 6.54 Å². The van der Waals surface area contributed by atoms with Crippen molar-refractivity contribution in [2.24, 2.45) is 0 Å². The summed E-state index contributed by atoms with van der Waals surface area (Å²) in [5.74, 6) is 0.729. The van der Waals surface area contributed by atoms with Crippen molar-refractivity contribution in [3.8, 4) is 0 Å². The van der Waals surface area contributed by atoms with Crippen LogP contribution in [-0.2, 0) is 13.1 Å². The van der Waals surface area contributed by atoms with Crippen molar-refractivity contribution >= 4 is 5.82 Å². The molecule has 116 valence electrons. The van der Waals surface area contributed by atoms with E-state index in [0.717, 1.165) is 16.1 Å². The Morgan fingerprint density at radius 1 is 1.29 bits per heavy atom. The average molecular weight is 301 g/mol. The molecule has 2 heterocycles. The summed E-state index contributed by atoms with van der Waals surface area (Å²) >= 11 is 0. The fourth-order valence-electron chi connectivity index (χ4n) is 1.88. The Morgan fingerprint density at radius 3 is 2.57 bits per heavy atom. The van der Waals surface area contributed by atoms with Crippen molar-refractivity contribution in [1.29, 1.82) is 0 Å². The van der Waals surface area contributed by atoms with Crippen molar-refractivity contribution in [3.05, 3.63) is 29.7 Å². The molecule has 0 aliphatic carbocycles. The first-order chi connectivity index (χ1) is 9.74. The summed E-state index contributed by atoms with van der Waals surface area (Å²) < 4.78 is 39.5. The maximum absolute atomic E-state index is 12.2. The SMILES string of the molecule is Cc1cn(C(C)C)nc1NCc1cnn(CC(F)(F)F)c1. The summed E-state index contributed by atoms with van der Waals surface area (Å²) in [6.07, 6.45) is 0.478. The van der Waals surface area contributed by atoms with Crippen LogP contribution in [0.3, 0.4) is 0 Å². The largest absolute Gasteiger partial charge is 0.408 e. The highest BCUT2D eigenvalue weighted by Gasteiger charge is 2.28. The molecule has 0 aliphatic rings. The quantitative estimate of drug-likeness (QED) is 0.923. The molecule has 2 aromatic rings. The highest BCUT2D eigenvalue weighted by molar-refractivity contribution is 5.42. The molecule has 0 saturated carbocycles. The number of aryl methyl sites for hydroxylation is 1. The highest BCUT2D eigenvalue weighted by Crippen LogP contribution is 2.18. The molecule has 0 atom stereocenters. The summed E-state index contributed by atoms with van der Waals surface area (Å²) in [6, 6.07) is 0.258. The van der Waals surface area contributed by atoms with E-state index in [4.69, 9.17) is 0 Å². The van der Waals surface area contributed by atoms with E-state index in [9.17, 15) is 13.2 Å². The van der Waals surface area contributed by atoms with Crippen LogP contribution in [0.2, 0.25) is 0 Å². The minimum Gasteiger partial charge on any atom is -0.364 e. The zero-order chi connectivity index (χ0) is 15.6. The molecule has 5 nitrogen and oxygen atoms in total. The Hall–Kier alpha value is -1.99. The van der Waals surface area contributed by atoms with Crippen LogP contribution in [-0.4, -0.2) is 25.7 Å². The van der Waals surface area contributed by atoms with Gasteiger partial charge in [-0.15, -0.1) is 0 Å². The Balaban J connectivity index is 1.97. The normalized spacial score (nSPS) is 12.1. The van der Waals surface area contributed by atoms with Gasteiger partial charge >= 0.3 is 6.18 Å². The topological polar surface area (TPSA) is 47.7 Å². The molecule has 0 amide bonds. The van der Waals surface area contributed by atoms with E-state index in [1.54, 1.807) is 0 Å². The third kappa shape index (κ3) is 4.24. The molecule has 0 bridgehead atoms. The second-order valence-corrected chi connectivity index (χ2v) is 5.25. The molecule has 0 aromatic carbocycles. The predicted molar refractivity (Wildman–Crippen MR) is 73.0 cm³/mol. The minimum atomic E-state index is -4.26. The average Bonchev–Trinajstić information content (AvgIpc) is 2.91. The van der Waals surface area contributed by atoms with E-state index in [-0.39, 0.29) is 6.04 Å². The van der Waals surface area contributed by atoms with Crippen molar-refractivity contribution < 1.29 is 13.2 Å². The van der Waals surface area contributed by atoms with E-state index < -0.39 is 12.7 Å². The summed E-state index contributed by atoms with van der Waals surface area (Å²) in [5, 5.41) is 11.2. The third-order valence-electron chi connectivity index (χ3n) is 2.93. The molecule has 2 aromatic heterocycles. The molecular formula is C13H18F3N5. The van der Waals surface area contributed by atoms with E-state index in [1.807, 2.05) is 31.6 Å². The van der Waals surface area contributed by atoms with Crippen LogP contribution in [0.4, 0.5) is 19.0 Å². The smallest absolute Gasteiger partial charge is 0.364 e. The van der Waals surface area contributed by atoms with Gasteiger partial charge in [0.25, 0.3) is 0 Å². The van der Waals surface area contributed by atoms with Crippen LogP contribution in [0.25, 0.3) is 0 Å². The van der Waals surface area contributed by atoms with Crippen molar-refractivity contribution in [3.63, 3.8) is 0 Å². The number of anilines is 1. The first-order valence-corrected chi connectivity index (χ1v) is 6.62. The van der Waals surface area contributed by atoms with Gasteiger partial charge in [-0.05, 0) is 20.8 Å². The molecule has 1 N–H and O–H groups in total. The second kappa shape index (κ2) is 5.79. The third-order valence-corrected chi connectivity index (χ3v) is 2.93. The Labute approximate surface area is 120 Å². The lowest BCUT2D eigenvalue weighted by molar-refractivity contribution is -0.142. The molecule has 0 spiro atoms. The zero-order valence-electron chi connectivity index (χ0n) is 12.1. The zero-order valence-corrected chi connectivity index (χ0v) is 12.1.